The average Bonchev–Trinajstić information content (AvgIpc) is 2.76. The van der Waals surface area contributed by atoms with Crippen molar-refractivity contribution in [3.63, 3.8) is 0 Å². The quantitative estimate of drug-likeness (QED) is 0.861. The predicted octanol–water partition coefficient (Wildman–Crippen LogP) is 3.77. The Bertz CT molecular complexity index is 424. The molecule has 4 bridgehead atoms. The van der Waals surface area contributed by atoms with Crippen LogP contribution in [-0.4, -0.2) is 0 Å². The minimum absolute atomic E-state index is 0.0210. The fourth-order valence-corrected chi connectivity index (χ4v) is 5.30. The van der Waals surface area contributed by atoms with Gasteiger partial charge in [0.1, 0.15) is 11.5 Å². The molecular formula is C16H23NO. The molecule has 4 aliphatic rings. The van der Waals surface area contributed by atoms with Crippen LogP contribution in [0.15, 0.2) is 16.5 Å². The van der Waals surface area contributed by atoms with Crippen LogP contribution in [0.25, 0.3) is 0 Å². The van der Waals surface area contributed by atoms with Gasteiger partial charge in [-0.2, -0.15) is 0 Å². The summed E-state index contributed by atoms with van der Waals surface area (Å²) in [6.45, 7) is 2.00. The maximum Gasteiger partial charge on any atom is 0.120 e. The van der Waals surface area contributed by atoms with Crippen LogP contribution in [0, 0.1) is 17.8 Å². The van der Waals surface area contributed by atoms with Crippen LogP contribution in [0.3, 0.4) is 0 Å². The maximum atomic E-state index is 6.10. The van der Waals surface area contributed by atoms with Crippen molar-refractivity contribution >= 4 is 0 Å². The Balaban J connectivity index is 1.70. The summed E-state index contributed by atoms with van der Waals surface area (Å²) in [6.07, 6.45) is 8.56. The van der Waals surface area contributed by atoms with Gasteiger partial charge in [0.25, 0.3) is 0 Å². The highest BCUT2D eigenvalue weighted by Gasteiger charge is 2.53. The summed E-state index contributed by atoms with van der Waals surface area (Å²) in [4.78, 5) is 0. The van der Waals surface area contributed by atoms with Crippen LogP contribution < -0.4 is 5.73 Å². The second-order valence-electron chi connectivity index (χ2n) is 7.19. The van der Waals surface area contributed by atoms with Gasteiger partial charge in [-0.3, -0.25) is 0 Å². The van der Waals surface area contributed by atoms with E-state index in [0.29, 0.717) is 5.41 Å². The lowest BCUT2D eigenvalue weighted by Gasteiger charge is -2.55. The van der Waals surface area contributed by atoms with Gasteiger partial charge in [-0.15, -0.1) is 0 Å². The highest BCUT2D eigenvalue weighted by atomic mass is 16.3. The van der Waals surface area contributed by atoms with Gasteiger partial charge in [-0.05, 0) is 75.3 Å². The molecule has 0 spiro atoms. The van der Waals surface area contributed by atoms with Gasteiger partial charge >= 0.3 is 0 Å². The SMILES string of the molecule is CC(N)c1ccc(C23CC4CC(CC(C4)C2)C3)o1. The Hall–Kier alpha value is -0.760. The van der Waals surface area contributed by atoms with E-state index in [1.165, 1.54) is 44.3 Å². The summed E-state index contributed by atoms with van der Waals surface area (Å²) in [5.74, 6) is 5.12. The van der Waals surface area contributed by atoms with E-state index >= 15 is 0 Å². The monoisotopic (exact) mass is 245 g/mol. The smallest absolute Gasteiger partial charge is 0.120 e. The Labute approximate surface area is 109 Å². The standard InChI is InChI=1S/C16H23NO/c1-10(17)14-2-3-15(18-14)16-7-11-4-12(8-16)6-13(5-11)9-16/h2-3,10-13H,4-9,17H2,1H3. The molecule has 18 heavy (non-hydrogen) atoms. The molecule has 2 heteroatoms. The highest BCUT2D eigenvalue weighted by molar-refractivity contribution is 5.23. The summed E-state index contributed by atoms with van der Waals surface area (Å²) in [6, 6.07) is 4.33. The van der Waals surface area contributed by atoms with E-state index in [4.69, 9.17) is 10.2 Å². The zero-order chi connectivity index (χ0) is 12.3. The summed E-state index contributed by atoms with van der Waals surface area (Å²) < 4.78 is 6.10. The van der Waals surface area contributed by atoms with Crippen molar-refractivity contribution < 1.29 is 4.42 Å². The van der Waals surface area contributed by atoms with Crippen LogP contribution in [0.5, 0.6) is 0 Å². The van der Waals surface area contributed by atoms with E-state index in [1.807, 2.05) is 6.92 Å². The summed E-state index contributed by atoms with van der Waals surface area (Å²) in [5.41, 5.74) is 6.30. The topological polar surface area (TPSA) is 39.2 Å². The third kappa shape index (κ3) is 1.51. The molecule has 5 rings (SSSR count). The molecule has 2 N–H and O–H groups in total. The summed E-state index contributed by atoms with van der Waals surface area (Å²) >= 11 is 0. The zero-order valence-corrected chi connectivity index (χ0v) is 11.2. The fourth-order valence-electron chi connectivity index (χ4n) is 5.30. The maximum absolute atomic E-state index is 6.10. The van der Waals surface area contributed by atoms with E-state index in [1.54, 1.807) is 0 Å². The molecule has 4 aliphatic carbocycles. The van der Waals surface area contributed by atoms with E-state index in [0.717, 1.165) is 23.5 Å². The second kappa shape index (κ2) is 3.63. The molecule has 0 amide bonds. The van der Waals surface area contributed by atoms with Crippen LogP contribution in [0.2, 0.25) is 0 Å². The molecule has 4 saturated carbocycles. The fraction of sp³-hybridized carbons (Fsp3) is 0.750. The summed E-state index contributed by atoms with van der Waals surface area (Å²) in [5, 5.41) is 0. The number of furan rings is 1. The van der Waals surface area contributed by atoms with Crippen molar-refractivity contribution in [2.75, 3.05) is 0 Å². The Kier molecular flexibility index (Phi) is 2.24. The molecule has 1 aromatic heterocycles. The lowest BCUT2D eigenvalue weighted by molar-refractivity contribution is -0.0157. The molecule has 0 aliphatic heterocycles. The molecule has 1 unspecified atom stereocenters. The third-order valence-corrected chi connectivity index (χ3v) is 5.64. The van der Waals surface area contributed by atoms with Crippen molar-refractivity contribution in [1.29, 1.82) is 0 Å². The Morgan fingerprint density at radius 3 is 2.11 bits per heavy atom. The van der Waals surface area contributed by atoms with Crippen LogP contribution in [-0.2, 0) is 5.41 Å². The van der Waals surface area contributed by atoms with E-state index < -0.39 is 0 Å². The molecule has 4 fully saturated rings. The summed E-state index contributed by atoms with van der Waals surface area (Å²) in [7, 11) is 0. The normalized spacial score (nSPS) is 43.3. The molecule has 0 aromatic carbocycles. The van der Waals surface area contributed by atoms with Gasteiger partial charge in [0.2, 0.25) is 0 Å². The zero-order valence-electron chi connectivity index (χ0n) is 11.2. The lowest BCUT2D eigenvalue weighted by Crippen LogP contribution is -2.48. The van der Waals surface area contributed by atoms with Crippen LogP contribution in [0.1, 0.15) is 63.0 Å². The van der Waals surface area contributed by atoms with Gasteiger partial charge in [0, 0.05) is 5.41 Å². The minimum Gasteiger partial charge on any atom is -0.464 e. The van der Waals surface area contributed by atoms with Gasteiger partial charge < -0.3 is 10.2 Å². The van der Waals surface area contributed by atoms with Crippen molar-refractivity contribution in [3.05, 3.63) is 23.7 Å². The van der Waals surface area contributed by atoms with Gasteiger partial charge in [0.05, 0.1) is 6.04 Å². The average molecular weight is 245 g/mol. The Morgan fingerprint density at radius 2 is 1.67 bits per heavy atom. The van der Waals surface area contributed by atoms with Crippen molar-refractivity contribution in [3.8, 4) is 0 Å². The van der Waals surface area contributed by atoms with Gasteiger partial charge in [0.15, 0.2) is 0 Å². The van der Waals surface area contributed by atoms with E-state index in [2.05, 4.69) is 12.1 Å². The van der Waals surface area contributed by atoms with Gasteiger partial charge in [-0.1, -0.05) is 0 Å². The number of nitrogens with two attached hydrogens (primary N) is 1. The molecule has 0 radical (unpaired) electrons. The van der Waals surface area contributed by atoms with Crippen molar-refractivity contribution in [2.24, 2.45) is 23.5 Å². The predicted molar refractivity (Wildman–Crippen MR) is 71.2 cm³/mol. The molecule has 1 heterocycles. The number of rotatable bonds is 2. The Morgan fingerprint density at radius 1 is 1.11 bits per heavy atom. The second-order valence-corrected chi connectivity index (χ2v) is 7.19. The molecule has 98 valence electrons. The first-order chi connectivity index (χ1) is 8.64. The lowest BCUT2D eigenvalue weighted by atomic mass is 9.49. The first kappa shape index (κ1) is 11.1. The first-order valence-electron chi connectivity index (χ1n) is 7.50. The van der Waals surface area contributed by atoms with Crippen molar-refractivity contribution in [2.45, 2.75) is 56.9 Å². The van der Waals surface area contributed by atoms with Crippen LogP contribution >= 0.6 is 0 Å². The largest absolute Gasteiger partial charge is 0.464 e. The molecule has 2 nitrogen and oxygen atoms in total. The first-order valence-corrected chi connectivity index (χ1v) is 7.50. The van der Waals surface area contributed by atoms with Crippen molar-refractivity contribution in [1.82, 2.24) is 0 Å². The highest BCUT2D eigenvalue weighted by Crippen LogP contribution is 2.60. The van der Waals surface area contributed by atoms with Gasteiger partial charge in [-0.25, -0.2) is 0 Å². The molecule has 1 aromatic rings. The molecular weight excluding hydrogens is 222 g/mol. The molecule has 1 atom stereocenters. The number of hydrogen-bond donors (Lipinski definition) is 1. The minimum atomic E-state index is 0.0210. The third-order valence-electron chi connectivity index (χ3n) is 5.64. The van der Waals surface area contributed by atoms with E-state index in [-0.39, 0.29) is 6.04 Å². The number of hydrogen-bond acceptors (Lipinski definition) is 2. The van der Waals surface area contributed by atoms with Crippen LogP contribution in [0.4, 0.5) is 0 Å². The molecule has 0 saturated heterocycles. The van der Waals surface area contributed by atoms with E-state index in [9.17, 15) is 0 Å².